The first-order chi connectivity index (χ1) is 5.67. The van der Waals surface area contributed by atoms with Crippen molar-refractivity contribution in [2.24, 2.45) is 0 Å². The fourth-order valence-electron chi connectivity index (χ4n) is 0.646. The summed E-state index contributed by atoms with van der Waals surface area (Å²) in [6.45, 7) is 1.66. The molecule has 0 heterocycles. The molecule has 0 saturated carbocycles. The Labute approximate surface area is 71.2 Å². The second kappa shape index (κ2) is 5.35. The lowest BCUT2D eigenvalue weighted by Crippen LogP contribution is -2.13. The van der Waals surface area contributed by atoms with Gasteiger partial charge in [0.1, 0.15) is 11.8 Å². The molecule has 0 N–H and O–H groups in total. The Hall–Kier alpha value is -1.32. The summed E-state index contributed by atoms with van der Waals surface area (Å²) in [4.78, 5) is 22.0. The van der Waals surface area contributed by atoms with Gasteiger partial charge >= 0.3 is 5.97 Å². The maximum Gasteiger partial charge on any atom is 0.344 e. The molecule has 0 unspecified atom stereocenters. The van der Waals surface area contributed by atoms with Crippen molar-refractivity contribution >= 4 is 11.8 Å². The average Bonchev–Trinajstić information content (AvgIpc) is 2.11. The van der Waals surface area contributed by atoms with Gasteiger partial charge in [0.05, 0.1) is 14.2 Å². The van der Waals surface area contributed by atoms with E-state index < -0.39 is 5.97 Å². The molecule has 0 aliphatic heterocycles. The highest BCUT2D eigenvalue weighted by Gasteiger charge is 2.17. The summed E-state index contributed by atoms with van der Waals surface area (Å²) < 4.78 is 8.95. The summed E-state index contributed by atoms with van der Waals surface area (Å²) >= 11 is 0. The Bertz CT molecular complexity index is 187. The molecule has 0 rings (SSSR count). The molecule has 0 saturated heterocycles. The highest BCUT2D eigenvalue weighted by molar-refractivity contribution is 6.16. The van der Waals surface area contributed by atoms with Gasteiger partial charge < -0.3 is 9.47 Å². The molecule has 0 aromatic carbocycles. The maximum atomic E-state index is 11.1. The SMILES string of the molecule is CCC(=O)/C(=C/OC)C(=O)OC. The van der Waals surface area contributed by atoms with Crippen molar-refractivity contribution in [1.29, 1.82) is 0 Å². The van der Waals surface area contributed by atoms with Gasteiger partial charge in [-0.05, 0) is 0 Å². The number of ether oxygens (including phenoxy) is 2. The van der Waals surface area contributed by atoms with E-state index in [1.807, 2.05) is 0 Å². The zero-order valence-electron chi connectivity index (χ0n) is 7.42. The first-order valence-corrected chi connectivity index (χ1v) is 3.51. The van der Waals surface area contributed by atoms with Gasteiger partial charge in [0, 0.05) is 6.42 Å². The first kappa shape index (κ1) is 10.7. The van der Waals surface area contributed by atoms with Crippen LogP contribution in [0, 0.1) is 0 Å². The van der Waals surface area contributed by atoms with E-state index in [1.165, 1.54) is 14.2 Å². The molecule has 0 aliphatic carbocycles. The first-order valence-electron chi connectivity index (χ1n) is 3.51. The van der Waals surface area contributed by atoms with Crippen LogP contribution in [0.4, 0.5) is 0 Å². The predicted octanol–water partition coefficient (Wildman–Crippen LogP) is 0.669. The van der Waals surface area contributed by atoms with E-state index in [2.05, 4.69) is 9.47 Å². The van der Waals surface area contributed by atoms with Gasteiger partial charge in [0.25, 0.3) is 0 Å². The topological polar surface area (TPSA) is 52.6 Å². The fourth-order valence-corrected chi connectivity index (χ4v) is 0.646. The van der Waals surface area contributed by atoms with Crippen LogP contribution in [0.25, 0.3) is 0 Å². The van der Waals surface area contributed by atoms with Crippen LogP contribution < -0.4 is 0 Å². The highest BCUT2D eigenvalue weighted by Crippen LogP contribution is 2.02. The molecule has 0 fully saturated rings. The molecule has 0 atom stereocenters. The average molecular weight is 172 g/mol. The molecule has 0 aliphatic rings. The Kier molecular flexibility index (Phi) is 4.76. The monoisotopic (exact) mass is 172 g/mol. The smallest absolute Gasteiger partial charge is 0.344 e. The lowest BCUT2D eigenvalue weighted by Gasteiger charge is -2.01. The molecule has 0 aromatic heterocycles. The number of rotatable bonds is 4. The molecule has 68 valence electrons. The Morgan fingerprint density at radius 1 is 1.33 bits per heavy atom. The summed E-state index contributed by atoms with van der Waals surface area (Å²) in [6, 6.07) is 0. The number of esters is 1. The van der Waals surface area contributed by atoms with Crippen molar-refractivity contribution in [3.8, 4) is 0 Å². The van der Waals surface area contributed by atoms with Crippen LogP contribution in [0.3, 0.4) is 0 Å². The zero-order valence-corrected chi connectivity index (χ0v) is 7.42. The minimum atomic E-state index is -0.663. The molecule has 0 spiro atoms. The third kappa shape index (κ3) is 2.74. The van der Waals surface area contributed by atoms with Crippen molar-refractivity contribution in [1.82, 2.24) is 0 Å². The van der Waals surface area contributed by atoms with Gasteiger partial charge in [0.15, 0.2) is 5.78 Å². The molecule has 4 heteroatoms. The number of Topliss-reactive ketones (excluding diaryl/α,β-unsaturated/α-hetero) is 1. The third-order valence-electron chi connectivity index (χ3n) is 1.26. The van der Waals surface area contributed by atoms with Crippen LogP contribution in [0.1, 0.15) is 13.3 Å². The zero-order chi connectivity index (χ0) is 9.56. The molecular formula is C8H12O4. The summed E-state index contributed by atoms with van der Waals surface area (Å²) in [7, 11) is 2.58. The second-order valence-electron chi connectivity index (χ2n) is 2.04. The largest absolute Gasteiger partial charge is 0.503 e. The lowest BCUT2D eigenvalue weighted by molar-refractivity contribution is -0.138. The molecule has 0 bridgehead atoms. The van der Waals surface area contributed by atoms with Gasteiger partial charge in [-0.2, -0.15) is 0 Å². The molecule has 0 amide bonds. The van der Waals surface area contributed by atoms with Gasteiger partial charge in [-0.15, -0.1) is 0 Å². The van der Waals surface area contributed by atoms with Crippen LogP contribution >= 0.6 is 0 Å². The number of hydrogen-bond donors (Lipinski definition) is 0. The molecule has 12 heavy (non-hydrogen) atoms. The molecule has 4 nitrogen and oxygen atoms in total. The third-order valence-corrected chi connectivity index (χ3v) is 1.26. The standard InChI is InChI=1S/C8H12O4/c1-4-7(9)6(5-11-2)8(10)12-3/h5H,4H2,1-3H3/b6-5-. The summed E-state index contributed by atoms with van der Waals surface area (Å²) in [5.41, 5.74) is -0.0532. The van der Waals surface area contributed by atoms with E-state index in [9.17, 15) is 9.59 Å². The van der Waals surface area contributed by atoms with Crippen molar-refractivity contribution < 1.29 is 19.1 Å². The van der Waals surface area contributed by atoms with Crippen molar-refractivity contribution in [3.05, 3.63) is 11.8 Å². The van der Waals surface area contributed by atoms with Crippen molar-refractivity contribution in [2.75, 3.05) is 14.2 Å². The van der Waals surface area contributed by atoms with Crippen LogP contribution in [0.15, 0.2) is 11.8 Å². The Morgan fingerprint density at radius 2 is 1.92 bits per heavy atom. The minimum Gasteiger partial charge on any atom is -0.503 e. The van der Waals surface area contributed by atoms with Crippen LogP contribution in [0.5, 0.6) is 0 Å². The van der Waals surface area contributed by atoms with E-state index in [4.69, 9.17) is 0 Å². The van der Waals surface area contributed by atoms with E-state index in [0.717, 1.165) is 6.26 Å². The van der Waals surface area contributed by atoms with Crippen LogP contribution in [-0.4, -0.2) is 26.0 Å². The van der Waals surface area contributed by atoms with Crippen LogP contribution in [-0.2, 0) is 19.1 Å². The lowest BCUT2D eigenvalue weighted by atomic mass is 10.1. The quantitative estimate of drug-likeness (QED) is 0.205. The predicted molar refractivity (Wildman–Crippen MR) is 42.4 cm³/mol. The fraction of sp³-hybridized carbons (Fsp3) is 0.500. The normalized spacial score (nSPS) is 10.8. The van der Waals surface area contributed by atoms with Crippen molar-refractivity contribution in [3.63, 3.8) is 0 Å². The summed E-state index contributed by atoms with van der Waals surface area (Å²) in [5.74, 6) is -0.951. The summed E-state index contributed by atoms with van der Waals surface area (Å²) in [6.07, 6.45) is 1.35. The second-order valence-corrected chi connectivity index (χ2v) is 2.04. The molecule has 0 aromatic rings. The number of carbonyl (C=O) groups is 2. The van der Waals surface area contributed by atoms with Gasteiger partial charge in [-0.25, -0.2) is 4.79 Å². The van der Waals surface area contributed by atoms with Crippen molar-refractivity contribution in [2.45, 2.75) is 13.3 Å². The van der Waals surface area contributed by atoms with E-state index >= 15 is 0 Å². The summed E-state index contributed by atoms with van der Waals surface area (Å²) in [5, 5.41) is 0. The van der Waals surface area contributed by atoms with Crippen LogP contribution in [0.2, 0.25) is 0 Å². The number of ketones is 1. The molecule has 0 radical (unpaired) electrons. The number of methoxy groups -OCH3 is 2. The van der Waals surface area contributed by atoms with Gasteiger partial charge in [-0.1, -0.05) is 6.92 Å². The van der Waals surface area contributed by atoms with E-state index in [0.29, 0.717) is 0 Å². The van der Waals surface area contributed by atoms with E-state index in [1.54, 1.807) is 6.92 Å². The molecular weight excluding hydrogens is 160 g/mol. The number of hydrogen-bond acceptors (Lipinski definition) is 4. The highest BCUT2D eigenvalue weighted by atomic mass is 16.5. The number of carbonyl (C=O) groups excluding carboxylic acids is 2. The Balaban J connectivity index is 4.55. The van der Waals surface area contributed by atoms with E-state index in [-0.39, 0.29) is 17.8 Å². The Morgan fingerprint density at radius 3 is 2.25 bits per heavy atom. The van der Waals surface area contributed by atoms with Gasteiger partial charge in [-0.3, -0.25) is 4.79 Å². The minimum absolute atomic E-state index is 0.0532. The maximum absolute atomic E-state index is 11.1. The van der Waals surface area contributed by atoms with Gasteiger partial charge in [0.2, 0.25) is 0 Å².